The molecule has 1 aromatic heterocycles. The van der Waals surface area contributed by atoms with Crippen LogP contribution in [0.5, 0.6) is 0 Å². The van der Waals surface area contributed by atoms with Crippen LogP contribution in [0.2, 0.25) is 0 Å². The summed E-state index contributed by atoms with van der Waals surface area (Å²) in [6.45, 7) is 4.41. The minimum absolute atomic E-state index is 0.590. The summed E-state index contributed by atoms with van der Waals surface area (Å²) in [6, 6.07) is 38.0. The zero-order valence-corrected chi connectivity index (χ0v) is 21.3. The van der Waals surface area contributed by atoms with Crippen molar-refractivity contribution < 1.29 is 0 Å². The Morgan fingerprint density at radius 2 is 1.30 bits per heavy atom. The van der Waals surface area contributed by atoms with Gasteiger partial charge in [-0.25, -0.2) is 0 Å². The minimum Gasteiger partial charge on any atom is -0.310 e. The van der Waals surface area contributed by atoms with Crippen molar-refractivity contribution in [2.24, 2.45) is 5.92 Å². The topological polar surface area (TPSA) is 4.93 Å². The largest absolute Gasteiger partial charge is 0.310 e. The van der Waals surface area contributed by atoms with E-state index in [-0.39, 0.29) is 0 Å². The molecule has 1 heterocycles. The lowest BCUT2D eigenvalue weighted by Crippen LogP contribution is -2.00. The molecule has 178 valence electrons. The number of aromatic nitrogens is 1. The van der Waals surface area contributed by atoms with E-state index in [1.54, 1.807) is 0 Å². The predicted molar refractivity (Wildman–Crippen MR) is 160 cm³/mol. The van der Waals surface area contributed by atoms with E-state index in [2.05, 4.69) is 140 Å². The minimum atomic E-state index is 0.590. The van der Waals surface area contributed by atoms with Crippen LogP contribution >= 0.6 is 0 Å². The van der Waals surface area contributed by atoms with Gasteiger partial charge in [0.1, 0.15) is 0 Å². The van der Waals surface area contributed by atoms with E-state index in [0.29, 0.717) is 5.92 Å². The van der Waals surface area contributed by atoms with Gasteiger partial charge < -0.3 is 4.57 Å². The standard InChI is InChI=1S/C36H29N/c1-24-7-11-26(12-8-24)27-13-15-28(16-14-27)30-18-21-34-33(23-30)36-32-6-4-3-5-29(32)17-22-35(36)37(34)31-19-9-25(2)10-20-31/h3-9,11-23,25H,10H2,1-2H3. The van der Waals surface area contributed by atoms with Gasteiger partial charge in [-0.1, -0.05) is 110 Å². The highest BCUT2D eigenvalue weighted by Gasteiger charge is 2.17. The van der Waals surface area contributed by atoms with Crippen molar-refractivity contribution in [3.63, 3.8) is 0 Å². The Hall–Kier alpha value is -4.36. The van der Waals surface area contributed by atoms with Gasteiger partial charge >= 0.3 is 0 Å². The lowest BCUT2D eigenvalue weighted by atomic mass is 9.98. The van der Waals surface area contributed by atoms with Crippen molar-refractivity contribution in [2.75, 3.05) is 0 Å². The summed E-state index contributed by atoms with van der Waals surface area (Å²) in [5.74, 6) is 0.590. The Bertz CT molecular complexity index is 1840. The predicted octanol–water partition coefficient (Wildman–Crippen LogP) is 10.0. The van der Waals surface area contributed by atoms with Crippen LogP contribution in [0, 0.1) is 12.8 Å². The van der Waals surface area contributed by atoms with E-state index in [0.717, 1.165) is 6.42 Å². The lowest BCUT2D eigenvalue weighted by Gasteiger charge is -2.15. The van der Waals surface area contributed by atoms with Gasteiger partial charge in [-0.05, 0) is 76.6 Å². The van der Waals surface area contributed by atoms with Crippen molar-refractivity contribution in [1.82, 2.24) is 4.57 Å². The van der Waals surface area contributed by atoms with Crippen LogP contribution < -0.4 is 0 Å². The van der Waals surface area contributed by atoms with Crippen LogP contribution in [0.25, 0.3) is 60.5 Å². The number of allylic oxidation sites excluding steroid dienone is 4. The quantitative estimate of drug-likeness (QED) is 0.240. The van der Waals surface area contributed by atoms with Gasteiger partial charge in [0.25, 0.3) is 0 Å². The normalized spacial score (nSPS) is 15.5. The molecule has 1 aliphatic carbocycles. The molecule has 5 aromatic carbocycles. The summed E-state index contributed by atoms with van der Waals surface area (Å²) in [7, 11) is 0. The van der Waals surface area contributed by atoms with Crippen LogP contribution in [0.4, 0.5) is 0 Å². The second kappa shape index (κ2) is 8.64. The van der Waals surface area contributed by atoms with Gasteiger partial charge in [-0.3, -0.25) is 0 Å². The van der Waals surface area contributed by atoms with Crippen molar-refractivity contribution >= 4 is 38.3 Å². The van der Waals surface area contributed by atoms with Crippen LogP contribution in [0.1, 0.15) is 18.9 Å². The van der Waals surface area contributed by atoms with Crippen LogP contribution in [0.3, 0.4) is 0 Å². The fraction of sp³-hybridized carbons (Fsp3) is 0.111. The summed E-state index contributed by atoms with van der Waals surface area (Å²) >= 11 is 0. The smallest absolute Gasteiger partial charge is 0.0547 e. The molecule has 37 heavy (non-hydrogen) atoms. The Balaban J connectivity index is 1.42. The molecule has 0 fully saturated rings. The molecule has 1 heteroatoms. The van der Waals surface area contributed by atoms with Crippen molar-refractivity contribution in [3.05, 3.63) is 127 Å². The van der Waals surface area contributed by atoms with Crippen molar-refractivity contribution in [3.8, 4) is 22.3 Å². The van der Waals surface area contributed by atoms with E-state index in [1.807, 2.05) is 0 Å². The molecule has 0 aliphatic heterocycles. The van der Waals surface area contributed by atoms with E-state index in [9.17, 15) is 0 Å². The first kappa shape index (κ1) is 21.9. The molecule has 7 rings (SSSR count). The third-order valence-electron chi connectivity index (χ3n) is 7.81. The molecule has 0 N–H and O–H groups in total. The fourth-order valence-electron chi connectivity index (χ4n) is 5.73. The maximum Gasteiger partial charge on any atom is 0.0547 e. The summed E-state index contributed by atoms with van der Waals surface area (Å²) in [5, 5.41) is 5.23. The highest BCUT2D eigenvalue weighted by Crippen LogP contribution is 2.39. The number of hydrogen-bond donors (Lipinski definition) is 0. The number of fused-ring (bicyclic) bond motifs is 5. The molecule has 6 aromatic rings. The average Bonchev–Trinajstić information content (AvgIpc) is 3.28. The Kier molecular flexibility index (Phi) is 5.11. The lowest BCUT2D eigenvalue weighted by molar-refractivity contribution is 0.735. The van der Waals surface area contributed by atoms with E-state index >= 15 is 0 Å². The SMILES string of the molecule is Cc1ccc(-c2ccc(-c3ccc4c(c3)c3c5ccccc5ccc3n4C3=CCC(C)C=C3)cc2)cc1. The summed E-state index contributed by atoms with van der Waals surface area (Å²) in [4.78, 5) is 0. The van der Waals surface area contributed by atoms with Gasteiger partial charge in [0.2, 0.25) is 0 Å². The monoisotopic (exact) mass is 475 g/mol. The van der Waals surface area contributed by atoms with E-state index in [1.165, 1.54) is 66.1 Å². The van der Waals surface area contributed by atoms with E-state index in [4.69, 9.17) is 0 Å². The average molecular weight is 476 g/mol. The molecular formula is C36H29N. The Morgan fingerprint density at radius 1 is 0.649 bits per heavy atom. The first-order valence-corrected chi connectivity index (χ1v) is 13.2. The zero-order chi connectivity index (χ0) is 24.9. The first-order valence-electron chi connectivity index (χ1n) is 13.2. The third-order valence-corrected chi connectivity index (χ3v) is 7.81. The number of aryl methyl sites for hydroxylation is 1. The highest BCUT2D eigenvalue weighted by molar-refractivity contribution is 6.22. The van der Waals surface area contributed by atoms with Crippen LogP contribution in [-0.4, -0.2) is 4.57 Å². The number of nitrogens with zero attached hydrogens (tertiary/aromatic N) is 1. The van der Waals surface area contributed by atoms with Crippen LogP contribution in [0.15, 0.2) is 121 Å². The second-order valence-corrected chi connectivity index (χ2v) is 10.4. The van der Waals surface area contributed by atoms with E-state index < -0.39 is 0 Å². The number of rotatable bonds is 3. The molecule has 0 amide bonds. The number of hydrogen-bond acceptors (Lipinski definition) is 0. The fourth-order valence-corrected chi connectivity index (χ4v) is 5.73. The molecule has 0 radical (unpaired) electrons. The van der Waals surface area contributed by atoms with Gasteiger partial charge in [-0.2, -0.15) is 0 Å². The van der Waals surface area contributed by atoms with Gasteiger partial charge in [0.05, 0.1) is 11.0 Å². The zero-order valence-electron chi connectivity index (χ0n) is 21.3. The van der Waals surface area contributed by atoms with Crippen molar-refractivity contribution in [2.45, 2.75) is 20.3 Å². The second-order valence-electron chi connectivity index (χ2n) is 10.4. The van der Waals surface area contributed by atoms with Gasteiger partial charge in [0, 0.05) is 16.5 Å². The molecular weight excluding hydrogens is 446 g/mol. The maximum absolute atomic E-state index is 2.45. The summed E-state index contributed by atoms with van der Waals surface area (Å²) in [5.41, 5.74) is 10.1. The molecule has 1 nitrogen and oxygen atoms in total. The first-order chi connectivity index (χ1) is 18.2. The summed E-state index contributed by atoms with van der Waals surface area (Å²) < 4.78 is 2.45. The molecule has 0 bridgehead atoms. The van der Waals surface area contributed by atoms with Crippen LogP contribution in [-0.2, 0) is 0 Å². The highest BCUT2D eigenvalue weighted by atomic mass is 15.0. The molecule has 1 unspecified atom stereocenters. The third kappa shape index (κ3) is 3.70. The molecule has 0 spiro atoms. The summed E-state index contributed by atoms with van der Waals surface area (Å²) in [6.07, 6.45) is 8.08. The molecule has 0 saturated heterocycles. The number of benzene rings is 5. The Morgan fingerprint density at radius 3 is 2.03 bits per heavy atom. The molecule has 0 saturated carbocycles. The molecule has 1 atom stereocenters. The molecule has 1 aliphatic rings. The maximum atomic E-state index is 2.45. The Labute approximate surface area is 218 Å². The van der Waals surface area contributed by atoms with Crippen molar-refractivity contribution in [1.29, 1.82) is 0 Å². The van der Waals surface area contributed by atoms with Gasteiger partial charge in [0.15, 0.2) is 0 Å². The van der Waals surface area contributed by atoms with Gasteiger partial charge in [-0.15, -0.1) is 0 Å².